The van der Waals surface area contributed by atoms with Gasteiger partial charge in [-0.2, -0.15) is 0 Å². The number of carbonyl (C=O) groups excluding carboxylic acids is 1. The van der Waals surface area contributed by atoms with Crippen molar-refractivity contribution in [2.45, 2.75) is 65.1 Å². The van der Waals surface area contributed by atoms with Gasteiger partial charge in [-0.1, -0.05) is 31.2 Å². The smallest absolute Gasteiger partial charge is 0.244 e. The standard InChI is InChI=1S/C24H32N2O4S/c1-7-21(26(31(6,28)29)18-13-12-16(2)17(3)14-18)23(27)25-20-15-24(4,5)30-22-11-9-8-10-19(20)22/h8-14,20-21H,7,15H2,1-6H3,(H,25,27)/t20-,21+/m0/s1. The van der Waals surface area contributed by atoms with Crippen LogP contribution in [0.25, 0.3) is 0 Å². The molecule has 0 spiro atoms. The number of aryl methyl sites for hydroxylation is 2. The van der Waals surface area contributed by atoms with Crippen LogP contribution < -0.4 is 14.4 Å². The van der Waals surface area contributed by atoms with E-state index >= 15 is 0 Å². The molecule has 2 aromatic rings. The van der Waals surface area contributed by atoms with Crippen LogP contribution in [-0.2, 0) is 14.8 Å². The first kappa shape index (κ1) is 23.1. The summed E-state index contributed by atoms with van der Waals surface area (Å²) in [6.45, 7) is 9.69. The molecule has 168 valence electrons. The Labute approximate surface area is 185 Å². The second-order valence-electron chi connectivity index (χ2n) is 8.92. The number of hydrogen-bond donors (Lipinski definition) is 1. The van der Waals surface area contributed by atoms with Gasteiger partial charge in [-0.3, -0.25) is 9.10 Å². The second kappa shape index (κ2) is 8.54. The molecule has 0 saturated carbocycles. The third-order valence-corrected chi connectivity index (χ3v) is 6.95. The maximum absolute atomic E-state index is 13.4. The number of para-hydroxylation sites is 1. The van der Waals surface area contributed by atoms with Crippen molar-refractivity contribution in [2.75, 3.05) is 10.6 Å². The van der Waals surface area contributed by atoms with Gasteiger partial charge < -0.3 is 10.1 Å². The number of rotatable bonds is 6. The SMILES string of the molecule is CC[C@H](C(=O)N[C@H]1CC(C)(C)Oc2ccccc21)N(c1ccc(C)c(C)c1)S(C)(=O)=O. The minimum absolute atomic E-state index is 0.261. The highest BCUT2D eigenvalue weighted by Gasteiger charge is 2.37. The van der Waals surface area contributed by atoms with Gasteiger partial charge in [0.1, 0.15) is 17.4 Å². The largest absolute Gasteiger partial charge is 0.487 e. The molecule has 1 N–H and O–H groups in total. The number of hydrogen-bond acceptors (Lipinski definition) is 4. The Balaban J connectivity index is 1.95. The summed E-state index contributed by atoms with van der Waals surface area (Å²) < 4.78 is 32.8. The molecule has 0 bridgehead atoms. The van der Waals surface area contributed by atoms with E-state index in [1.165, 1.54) is 4.31 Å². The highest BCUT2D eigenvalue weighted by molar-refractivity contribution is 7.92. The fraction of sp³-hybridized carbons (Fsp3) is 0.458. The minimum Gasteiger partial charge on any atom is -0.487 e. The van der Waals surface area contributed by atoms with E-state index in [1.807, 2.05) is 71.0 Å². The van der Waals surface area contributed by atoms with Gasteiger partial charge in [0.05, 0.1) is 18.0 Å². The molecule has 2 atom stereocenters. The number of amides is 1. The van der Waals surface area contributed by atoms with Crippen molar-refractivity contribution in [2.24, 2.45) is 0 Å². The van der Waals surface area contributed by atoms with Crippen molar-refractivity contribution in [1.82, 2.24) is 5.32 Å². The Morgan fingerprint density at radius 2 is 1.87 bits per heavy atom. The summed E-state index contributed by atoms with van der Waals surface area (Å²) in [4.78, 5) is 13.4. The molecular weight excluding hydrogens is 412 g/mol. The van der Waals surface area contributed by atoms with Crippen LogP contribution in [0.3, 0.4) is 0 Å². The van der Waals surface area contributed by atoms with Gasteiger partial charge in [0.25, 0.3) is 0 Å². The molecule has 7 heteroatoms. The van der Waals surface area contributed by atoms with Crippen LogP contribution in [-0.4, -0.2) is 32.2 Å². The lowest BCUT2D eigenvalue weighted by atomic mass is 9.89. The van der Waals surface area contributed by atoms with Crippen molar-refractivity contribution < 1.29 is 17.9 Å². The number of fused-ring (bicyclic) bond motifs is 1. The van der Waals surface area contributed by atoms with Crippen LogP contribution in [0.2, 0.25) is 0 Å². The predicted octanol–water partition coefficient (Wildman–Crippen LogP) is 4.27. The lowest BCUT2D eigenvalue weighted by molar-refractivity contribution is -0.123. The maximum atomic E-state index is 13.4. The van der Waals surface area contributed by atoms with Gasteiger partial charge in [-0.05, 0) is 63.4 Å². The molecule has 0 saturated heterocycles. The molecule has 3 rings (SSSR count). The first-order valence-electron chi connectivity index (χ1n) is 10.6. The average Bonchev–Trinajstić information content (AvgIpc) is 2.66. The molecule has 1 aliphatic rings. The van der Waals surface area contributed by atoms with Crippen molar-refractivity contribution in [3.63, 3.8) is 0 Å². The molecule has 1 aliphatic heterocycles. The van der Waals surface area contributed by atoms with E-state index < -0.39 is 21.7 Å². The summed E-state index contributed by atoms with van der Waals surface area (Å²) in [6.07, 6.45) is 2.08. The summed E-state index contributed by atoms with van der Waals surface area (Å²) in [7, 11) is -3.68. The number of carbonyl (C=O) groups is 1. The van der Waals surface area contributed by atoms with Gasteiger partial charge >= 0.3 is 0 Å². The fourth-order valence-corrected chi connectivity index (χ4v) is 5.33. The zero-order chi connectivity index (χ0) is 23.0. The van der Waals surface area contributed by atoms with E-state index in [0.717, 1.165) is 28.7 Å². The normalized spacial score (nSPS) is 18.5. The fourth-order valence-electron chi connectivity index (χ4n) is 4.12. The Morgan fingerprint density at radius 3 is 2.48 bits per heavy atom. The summed E-state index contributed by atoms with van der Waals surface area (Å²) in [5.74, 6) is 0.426. The minimum atomic E-state index is -3.68. The van der Waals surface area contributed by atoms with Gasteiger partial charge in [0.2, 0.25) is 15.9 Å². The number of nitrogens with zero attached hydrogens (tertiary/aromatic N) is 1. The third kappa shape index (κ3) is 5.03. The lowest BCUT2D eigenvalue weighted by Crippen LogP contribution is -2.51. The highest BCUT2D eigenvalue weighted by Crippen LogP contribution is 2.39. The highest BCUT2D eigenvalue weighted by atomic mass is 32.2. The van der Waals surface area contributed by atoms with E-state index in [-0.39, 0.29) is 11.9 Å². The van der Waals surface area contributed by atoms with Crippen molar-refractivity contribution in [3.8, 4) is 5.75 Å². The molecule has 0 aromatic heterocycles. The summed E-state index contributed by atoms with van der Waals surface area (Å²) >= 11 is 0. The Hall–Kier alpha value is -2.54. The van der Waals surface area contributed by atoms with Crippen molar-refractivity contribution in [1.29, 1.82) is 0 Å². The second-order valence-corrected chi connectivity index (χ2v) is 10.8. The van der Waals surface area contributed by atoms with Gasteiger partial charge in [0.15, 0.2) is 0 Å². The molecule has 2 aromatic carbocycles. The number of benzene rings is 2. The van der Waals surface area contributed by atoms with Crippen LogP contribution in [0.5, 0.6) is 5.75 Å². The van der Waals surface area contributed by atoms with Gasteiger partial charge in [0, 0.05) is 12.0 Å². The lowest BCUT2D eigenvalue weighted by Gasteiger charge is -2.39. The summed E-state index contributed by atoms with van der Waals surface area (Å²) in [5, 5.41) is 3.10. The first-order chi connectivity index (χ1) is 14.4. The van der Waals surface area contributed by atoms with Crippen molar-refractivity contribution in [3.05, 3.63) is 59.2 Å². The van der Waals surface area contributed by atoms with Crippen LogP contribution in [0, 0.1) is 13.8 Å². The van der Waals surface area contributed by atoms with E-state index in [1.54, 1.807) is 6.07 Å². The Morgan fingerprint density at radius 1 is 1.19 bits per heavy atom. The van der Waals surface area contributed by atoms with E-state index in [2.05, 4.69) is 5.32 Å². The monoisotopic (exact) mass is 444 g/mol. The molecule has 0 unspecified atom stereocenters. The third-order valence-electron chi connectivity index (χ3n) is 5.77. The topological polar surface area (TPSA) is 75.7 Å². The molecular formula is C24H32N2O4S. The number of sulfonamides is 1. The van der Waals surface area contributed by atoms with Crippen LogP contribution >= 0.6 is 0 Å². The van der Waals surface area contributed by atoms with Gasteiger partial charge in [-0.25, -0.2) is 8.42 Å². The van der Waals surface area contributed by atoms with E-state index in [0.29, 0.717) is 18.5 Å². The van der Waals surface area contributed by atoms with Gasteiger partial charge in [-0.15, -0.1) is 0 Å². The molecule has 0 aliphatic carbocycles. The predicted molar refractivity (Wildman–Crippen MR) is 124 cm³/mol. The number of ether oxygens (including phenoxy) is 1. The zero-order valence-electron chi connectivity index (χ0n) is 19.1. The van der Waals surface area contributed by atoms with E-state index in [4.69, 9.17) is 4.74 Å². The summed E-state index contributed by atoms with van der Waals surface area (Å²) in [6, 6.07) is 12.0. The first-order valence-corrected chi connectivity index (χ1v) is 12.4. The summed E-state index contributed by atoms with van der Waals surface area (Å²) in [5.41, 5.74) is 3.00. The molecule has 31 heavy (non-hydrogen) atoms. The number of nitrogens with one attached hydrogen (secondary N) is 1. The van der Waals surface area contributed by atoms with Crippen LogP contribution in [0.1, 0.15) is 56.3 Å². The Bertz CT molecular complexity index is 1080. The average molecular weight is 445 g/mol. The Kier molecular flexibility index (Phi) is 6.37. The molecule has 6 nitrogen and oxygen atoms in total. The van der Waals surface area contributed by atoms with E-state index in [9.17, 15) is 13.2 Å². The maximum Gasteiger partial charge on any atom is 0.244 e. The van der Waals surface area contributed by atoms with Crippen LogP contribution in [0.15, 0.2) is 42.5 Å². The molecule has 1 amide bonds. The van der Waals surface area contributed by atoms with Crippen LogP contribution in [0.4, 0.5) is 5.69 Å². The zero-order valence-corrected chi connectivity index (χ0v) is 19.9. The molecule has 0 radical (unpaired) electrons. The number of anilines is 1. The molecule has 0 fully saturated rings. The molecule has 1 heterocycles. The van der Waals surface area contributed by atoms with Crippen molar-refractivity contribution >= 4 is 21.6 Å². The quantitative estimate of drug-likeness (QED) is 0.722.